The van der Waals surface area contributed by atoms with Crippen molar-refractivity contribution in [2.75, 3.05) is 13.2 Å². The molecule has 0 radical (unpaired) electrons. The van der Waals surface area contributed by atoms with Crippen molar-refractivity contribution in [2.45, 2.75) is 25.7 Å². The molecule has 0 saturated carbocycles. The van der Waals surface area contributed by atoms with Gasteiger partial charge in [-0.3, -0.25) is 14.4 Å². The minimum absolute atomic E-state index is 0.115. The molecule has 0 saturated heterocycles. The van der Waals surface area contributed by atoms with Crippen LogP contribution in [0.25, 0.3) is 11.4 Å². The minimum Gasteiger partial charge on any atom is -0.458 e. The van der Waals surface area contributed by atoms with Gasteiger partial charge in [0, 0.05) is 25.2 Å². The van der Waals surface area contributed by atoms with Gasteiger partial charge in [-0.2, -0.15) is 10.2 Å². The normalized spacial score (nSPS) is 10.7. The first kappa shape index (κ1) is 24.6. The number of hydrogen-bond donors (Lipinski definition) is 0. The number of benzene rings is 2. The SMILES string of the molecule is O=C(COC(=O)CCc1cnn(-c2ccccc2)c1)COC(=O)CCc1cnn(-c2ccccc2)c1. The fourth-order valence-electron chi connectivity index (χ4n) is 3.42. The summed E-state index contributed by atoms with van der Waals surface area (Å²) in [7, 11) is 0. The summed E-state index contributed by atoms with van der Waals surface area (Å²) in [5.41, 5.74) is 3.61. The van der Waals surface area contributed by atoms with Crippen LogP contribution in [0.5, 0.6) is 0 Å². The van der Waals surface area contributed by atoms with Crippen molar-refractivity contribution >= 4 is 17.7 Å². The average molecular weight is 487 g/mol. The Bertz CT molecular complexity index is 1200. The maximum atomic E-state index is 12.0. The number of rotatable bonds is 12. The zero-order valence-corrected chi connectivity index (χ0v) is 19.7. The Balaban J connectivity index is 1.10. The van der Waals surface area contributed by atoms with Crippen LogP contribution in [-0.4, -0.2) is 50.5 Å². The fourth-order valence-corrected chi connectivity index (χ4v) is 3.42. The summed E-state index contributed by atoms with van der Waals surface area (Å²) in [5.74, 6) is -1.49. The van der Waals surface area contributed by atoms with Crippen molar-refractivity contribution in [3.05, 3.63) is 96.6 Å². The molecule has 0 aliphatic rings. The van der Waals surface area contributed by atoms with Gasteiger partial charge in [-0.15, -0.1) is 0 Å². The van der Waals surface area contributed by atoms with E-state index in [1.807, 2.05) is 73.1 Å². The molecule has 9 nitrogen and oxygen atoms in total. The molecule has 0 unspecified atom stereocenters. The quantitative estimate of drug-likeness (QED) is 0.283. The van der Waals surface area contributed by atoms with E-state index in [1.54, 1.807) is 21.8 Å². The summed E-state index contributed by atoms with van der Waals surface area (Å²) < 4.78 is 13.5. The standard InChI is InChI=1S/C27H26N4O5/c32-25(19-35-26(33)13-11-21-15-28-30(17-21)23-7-3-1-4-8-23)20-36-27(34)14-12-22-16-29-31(18-22)24-9-5-2-6-10-24/h1-10,15-18H,11-14,19-20H2. The van der Waals surface area contributed by atoms with Crippen molar-refractivity contribution in [1.82, 2.24) is 19.6 Å². The van der Waals surface area contributed by atoms with Gasteiger partial charge in [0.05, 0.1) is 23.8 Å². The van der Waals surface area contributed by atoms with Gasteiger partial charge in [-0.05, 0) is 48.2 Å². The van der Waals surface area contributed by atoms with Gasteiger partial charge in [-0.25, -0.2) is 9.36 Å². The highest BCUT2D eigenvalue weighted by atomic mass is 16.6. The van der Waals surface area contributed by atoms with Gasteiger partial charge in [-0.1, -0.05) is 36.4 Å². The van der Waals surface area contributed by atoms with E-state index in [-0.39, 0.29) is 12.8 Å². The number of carbonyl (C=O) groups is 3. The first-order valence-corrected chi connectivity index (χ1v) is 11.6. The van der Waals surface area contributed by atoms with Crippen molar-refractivity contribution in [2.24, 2.45) is 0 Å². The van der Waals surface area contributed by atoms with E-state index in [4.69, 9.17) is 9.47 Å². The van der Waals surface area contributed by atoms with Crippen molar-refractivity contribution < 1.29 is 23.9 Å². The van der Waals surface area contributed by atoms with Crippen LogP contribution in [0.2, 0.25) is 0 Å². The third-order valence-corrected chi connectivity index (χ3v) is 5.34. The molecule has 2 heterocycles. The summed E-state index contributed by atoms with van der Waals surface area (Å²) in [6.45, 7) is -0.863. The first-order valence-electron chi connectivity index (χ1n) is 11.6. The van der Waals surface area contributed by atoms with Gasteiger partial charge < -0.3 is 9.47 Å². The van der Waals surface area contributed by atoms with E-state index in [9.17, 15) is 14.4 Å². The molecule has 9 heteroatoms. The molecule has 0 amide bonds. The summed E-state index contributed by atoms with van der Waals surface area (Å²) in [5, 5.41) is 8.57. The van der Waals surface area contributed by atoms with Crippen LogP contribution in [0.15, 0.2) is 85.5 Å². The molecular weight excluding hydrogens is 460 g/mol. The third kappa shape index (κ3) is 7.23. The number of nitrogens with zero attached hydrogens (tertiary/aromatic N) is 4. The highest BCUT2D eigenvalue weighted by Gasteiger charge is 2.12. The number of hydrogen-bond acceptors (Lipinski definition) is 7. The molecule has 0 spiro atoms. The van der Waals surface area contributed by atoms with Crippen LogP contribution < -0.4 is 0 Å². The summed E-state index contributed by atoms with van der Waals surface area (Å²) in [4.78, 5) is 35.9. The molecule has 0 N–H and O–H groups in total. The maximum Gasteiger partial charge on any atom is 0.306 e. The van der Waals surface area contributed by atoms with Crippen LogP contribution in [0.4, 0.5) is 0 Å². The largest absolute Gasteiger partial charge is 0.458 e. The zero-order chi connectivity index (χ0) is 25.2. The molecular formula is C27H26N4O5. The molecule has 0 bridgehead atoms. The molecule has 2 aromatic carbocycles. The van der Waals surface area contributed by atoms with Gasteiger partial charge in [0.25, 0.3) is 0 Å². The predicted molar refractivity (Wildman–Crippen MR) is 131 cm³/mol. The van der Waals surface area contributed by atoms with Gasteiger partial charge in [0.1, 0.15) is 0 Å². The number of ether oxygens (including phenoxy) is 2. The number of esters is 2. The molecule has 0 atom stereocenters. The molecule has 4 rings (SSSR count). The second kappa shape index (κ2) is 12.3. The number of aromatic nitrogens is 4. The highest BCUT2D eigenvalue weighted by Crippen LogP contribution is 2.11. The monoisotopic (exact) mass is 486 g/mol. The van der Waals surface area contributed by atoms with Crippen LogP contribution in [0.1, 0.15) is 24.0 Å². The Hall–Kier alpha value is -4.53. The Kier molecular flexibility index (Phi) is 8.37. The summed E-state index contributed by atoms with van der Waals surface area (Å²) in [6, 6.07) is 19.3. The fraction of sp³-hybridized carbons (Fsp3) is 0.222. The number of para-hydroxylation sites is 2. The van der Waals surface area contributed by atoms with E-state index < -0.39 is 30.9 Å². The van der Waals surface area contributed by atoms with Crippen LogP contribution in [0, 0.1) is 0 Å². The Morgan fingerprint density at radius 1 is 0.639 bits per heavy atom. The van der Waals surface area contributed by atoms with Crippen LogP contribution >= 0.6 is 0 Å². The zero-order valence-electron chi connectivity index (χ0n) is 19.7. The number of aryl methyl sites for hydroxylation is 2. The molecule has 2 aromatic heterocycles. The topological polar surface area (TPSA) is 105 Å². The Labute approximate surface area is 208 Å². The molecule has 0 aliphatic carbocycles. The number of carbonyl (C=O) groups excluding carboxylic acids is 3. The Morgan fingerprint density at radius 3 is 1.47 bits per heavy atom. The van der Waals surface area contributed by atoms with E-state index in [0.717, 1.165) is 22.5 Å². The second-order valence-corrected chi connectivity index (χ2v) is 8.12. The second-order valence-electron chi connectivity index (χ2n) is 8.12. The molecule has 36 heavy (non-hydrogen) atoms. The molecule has 4 aromatic rings. The van der Waals surface area contributed by atoms with Gasteiger partial charge >= 0.3 is 11.9 Å². The van der Waals surface area contributed by atoms with E-state index >= 15 is 0 Å². The van der Waals surface area contributed by atoms with Crippen molar-refractivity contribution in [3.8, 4) is 11.4 Å². The predicted octanol–water partition coefficient (Wildman–Crippen LogP) is 3.28. The smallest absolute Gasteiger partial charge is 0.306 e. The molecule has 184 valence electrons. The summed E-state index contributed by atoms with van der Waals surface area (Å²) in [6.07, 6.45) is 8.19. The molecule has 0 fully saturated rings. The highest BCUT2D eigenvalue weighted by molar-refractivity contribution is 5.85. The first-order chi connectivity index (χ1) is 17.6. The van der Waals surface area contributed by atoms with Crippen molar-refractivity contribution in [3.63, 3.8) is 0 Å². The third-order valence-electron chi connectivity index (χ3n) is 5.34. The number of Topliss-reactive ketones (excluding diaryl/α,β-unsaturated/α-hetero) is 1. The summed E-state index contributed by atoms with van der Waals surface area (Å²) >= 11 is 0. The van der Waals surface area contributed by atoms with E-state index in [1.165, 1.54) is 0 Å². The van der Waals surface area contributed by atoms with E-state index in [0.29, 0.717) is 12.8 Å². The van der Waals surface area contributed by atoms with Gasteiger partial charge in [0.2, 0.25) is 5.78 Å². The lowest BCUT2D eigenvalue weighted by atomic mass is 10.2. The average Bonchev–Trinajstić information content (AvgIpc) is 3.59. The lowest BCUT2D eigenvalue weighted by Gasteiger charge is -2.05. The van der Waals surface area contributed by atoms with Gasteiger partial charge in [0.15, 0.2) is 13.2 Å². The maximum absolute atomic E-state index is 12.0. The van der Waals surface area contributed by atoms with Crippen molar-refractivity contribution in [1.29, 1.82) is 0 Å². The lowest BCUT2D eigenvalue weighted by molar-refractivity contribution is -0.153. The molecule has 0 aliphatic heterocycles. The lowest BCUT2D eigenvalue weighted by Crippen LogP contribution is -2.20. The Morgan fingerprint density at radius 2 is 1.06 bits per heavy atom. The van der Waals surface area contributed by atoms with Crippen LogP contribution in [-0.2, 0) is 36.7 Å². The minimum atomic E-state index is -0.502. The van der Waals surface area contributed by atoms with Crippen LogP contribution in [0.3, 0.4) is 0 Å². The van der Waals surface area contributed by atoms with E-state index in [2.05, 4.69) is 10.2 Å². The number of ketones is 1.